The zero-order chi connectivity index (χ0) is 19.4. The lowest BCUT2D eigenvalue weighted by molar-refractivity contribution is -0.135. The van der Waals surface area contributed by atoms with E-state index in [9.17, 15) is 14.0 Å². The van der Waals surface area contributed by atoms with Crippen molar-refractivity contribution in [2.45, 2.75) is 39.5 Å². The Bertz CT molecular complexity index is 1010. The minimum atomic E-state index is -0.537. The van der Waals surface area contributed by atoms with Gasteiger partial charge in [0.1, 0.15) is 17.3 Å². The molecule has 0 aliphatic carbocycles. The fraction of sp³-hybridized carbons (Fsp3) is 0.273. The lowest BCUT2D eigenvalue weighted by Gasteiger charge is -2.16. The Morgan fingerprint density at radius 3 is 1.89 bits per heavy atom. The van der Waals surface area contributed by atoms with Crippen molar-refractivity contribution >= 4 is 33.5 Å². The van der Waals surface area contributed by atoms with Gasteiger partial charge < -0.3 is 9.47 Å². The minimum Gasteiger partial charge on any atom is -0.425 e. The van der Waals surface area contributed by atoms with Gasteiger partial charge in [-0.1, -0.05) is 50.2 Å². The van der Waals surface area contributed by atoms with E-state index in [-0.39, 0.29) is 35.7 Å². The molecule has 0 atom stereocenters. The Morgan fingerprint density at radius 2 is 1.30 bits per heavy atom. The molecule has 0 fully saturated rings. The van der Waals surface area contributed by atoms with Gasteiger partial charge >= 0.3 is 11.9 Å². The minimum absolute atomic E-state index is 0.139. The van der Waals surface area contributed by atoms with Gasteiger partial charge in [-0.3, -0.25) is 9.59 Å². The molecular weight excluding hydrogens is 347 g/mol. The number of ether oxygens (including phenoxy) is 2. The second-order valence-corrected chi connectivity index (χ2v) is 6.31. The summed E-state index contributed by atoms with van der Waals surface area (Å²) >= 11 is 0. The van der Waals surface area contributed by atoms with Gasteiger partial charge in [0.15, 0.2) is 0 Å². The molecule has 3 rings (SSSR count). The van der Waals surface area contributed by atoms with E-state index in [1.165, 1.54) is 6.07 Å². The van der Waals surface area contributed by atoms with E-state index in [0.29, 0.717) is 29.0 Å². The normalized spacial score (nSPS) is 10.9. The zero-order valence-corrected chi connectivity index (χ0v) is 15.4. The Kier molecular flexibility index (Phi) is 5.69. The molecule has 4 nitrogen and oxygen atoms in total. The largest absolute Gasteiger partial charge is 0.425 e. The molecule has 0 N–H and O–H groups in total. The quantitative estimate of drug-likeness (QED) is 0.325. The van der Waals surface area contributed by atoms with Crippen LogP contribution in [0.25, 0.3) is 21.5 Å². The number of carbonyl (C=O) groups is 2. The van der Waals surface area contributed by atoms with Gasteiger partial charge in [0.2, 0.25) is 0 Å². The monoisotopic (exact) mass is 368 g/mol. The standard InChI is InChI=1S/C22H21FO4/c1-3-8-18(24)26-21-14-10-5-6-11-15(14)22(27-19(25)9-4-2)20-16(21)12-7-13-17(20)23/h5-7,10-13H,3-4,8-9H2,1-2H3. The predicted molar refractivity (Wildman–Crippen MR) is 102 cm³/mol. The molecule has 0 amide bonds. The second-order valence-electron chi connectivity index (χ2n) is 6.31. The summed E-state index contributed by atoms with van der Waals surface area (Å²) in [5.41, 5.74) is 0. The summed E-state index contributed by atoms with van der Waals surface area (Å²) in [5, 5.41) is 1.66. The van der Waals surface area contributed by atoms with Gasteiger partial charge in [-0.25, -0.2) is 4.39 Å². The Morgan fingerprint density at radius 1 is 0.778 bits per heavy atom. The Labute approximate surface area is 156 Å². The molecule has 0 saturated carbocycles. The van der Waals surface area contributed by atoms with Crippen LogP contribution in [-0.2, 0) is 9.59 Å². The highest BCUT2D eigenvalue weighted by molar-refractivity contribution is 6.12. The summed E-state index contributed by atoms with van der Waals surface area (Å²) in [5.74, 6) is -0.904. The lowest BCUT2D eigenvalue weighted by atomic mass is 10.00. The van der Waals surface area contributed by atoms with E-state index < -0.39 is 11.8 Å². The van der Waals surface area contributed by atoms with Crippen LogP contribution in [0.5, 0.6) is 11.5 Å². The van der Waals surface area contributed by atoms with Crippen molar-refractivity contribution in [1.29, 1.82) is 0 Å². The highest BCUT2D eigenvalue weighted by atomic mass is 19.1. The van der Waals surface area contributed by atoms with E-state index in [4.69, 9.17) is 9.47 Å². The fourth-order valence-corrected chi connectivity index (χ4v) is 3.06. The van der Waals surface area contributed by atoms with Crippen molar-refractivity contribution in [2.24, 2.45) is 0 Å². The molecule has 5 heteroatoms. The van der Waals surface area contributed by atoms with E-state index in [1.807, 2.05) is 13.8 Å². The first kappa shape index (κ1) is 18.8. The third-order valence-electron chi connectivity index (χ3n) is 4.24. The number of hydrogen-bond donors (Lipinski definition) is 0. The number of rotatable bonds is 6. The summed E-state index contributed by atoms with van der Waals surface area (Å²) in [6, 6.07) is 11.6. The molecule has 3 aromatic rings. The predicted octanol–water partition coefficient (Wildman–Crippen LogP) is 5.54. The summed E-state index contributed by atoms with van der Waals surface area (Å²) in [4.78, 5) is 24.3. The van der Waals surface area contributed by atoms with Crippen molar-refractivity contribution in [2.75, 3.05) is 0 Å². The van der Waals surface area contributed by atoms with Gasteiger partial charge in [0.05, 0.1) is 5.39 Å². The molecule has 140 valence electrons. The van der Waals surface area contributed by atoms with E-state index in [2.05, 4.69) is 0 Å². The SMILES string of the molecule is CCCC(=O)Oc1c2ccccc2c(OC(=O)CCC)c2c(F)cccc12. The van der Waals surface area contributed by atoms with Gasteiger partial charge in [-0.05, 0) is 18.9 Å². The Hall–Kier alpha value is -2.95. The van der Waals surface area contributed by atoms with Crippen LogP contribution in [0, 0.1) is 5.82 Å². The topological polar surface area (TPSA) is 52.6 Å². The molecule has 3 aromatic carbocycles. The summed E-state index contributed by atoms with van der Waals surface area (Å²) < 4.78 is 25.9. The number of halogens is 1. The number of esters is 2. The van der Waals surface area contributed by atoms with Crippen molar-refractivity contribution in [3.63, 3.8) is 0 Å². The average Bonchev–Trinajstić information content (AvgIpc) is 2.65. The number of carbonyl (C=O) groups excluding carboxylic acids is 2. The highest BCUT2D eigenvalue weighted by Crippen LogP contribution is 2.44. The molecule has 0 aromatic heterocycles. The van der Waals surface area contributed by atoms with E-state index in [1.54, 1.807) is 36.4 Å². The molecule has 0 aliphatic heterocycles. The smallest absolute Gasteiger partial charge is 0.311 e. The van der Waals surface area contributed by atoms with Crippen molar-refractivity contribution in [3.8, 4) is 11.5 Å². The van der Waals surface area contributed by atoms with Gasteiger partial charge in [-0.15, -0.1) is 0 Å². The van der Waals surface area contributed by atoms with Crippen molar-refractivity contribution in [3.05, 3.63) is 48.3 Å². The number of benzene rings is 3. The first-order chi connectivity index (χ1) is 13.1. The van der Waals surface area contributed by atoms with Crippen LogP contribution >= 0.6 is 0 Å². The first-order valence-corrected chi connectivity index (χ1v) is 9.11. The van der Waals surface area contributed by atoms with Crippen LogP contribution in [0.4, 0.5) is 4.39 Å². The van der Waals surface area contributed by atoms with Gasteiger partial charge in [-0.2, -0.15) is 0 Å². The van der Waals surface area contributed by atoms with Crippen LogP contribution in [-0.4, -0.2) is 11.9 Å². The Balaban J connectivity index is 2.31. The van der Waals surface area contributed by atoms with Crippen molar-refractivity contribution < 1.29 is 23.5 Å². The first-order valence-electron chi connectivity index (χ1n) is 9.11. The maximum absolute atomic E-state index is 14.7. The van der Waals surface area contributed by atoms with E-state index in [0.717, 1.165) is 0 Å². The summed E-state index contributed by atoms with van der Waals surface area (Å²) in [6.45, 7) is 3.75. The van der Waals surface area contributed by atoms with Crippen LogP contribution in [0.1, 0.15) is 39.5 Å². The van der Waals surface area contributed by atoms with Crippen LogP contribution in [0.15, 0.2) is 42.5 Å². The highest BCUT2D eigenvalue weighted by Gasteiger charge is 2.21. The van der Waals surface area contributed by atoms with Gasteiger partial charge in [0, 0.05) is 29.0 Å². The fourth-order valence-electron chi connectivity index (χ4n) is 3.06. The molecule has 0 bridgehead atoms. The molecule has 0 radical (unpaired) electrons. The molecule has 0 spiro atoms. The molecule has 0 heterocycles. The molecular formula is C22H21FO4. The third-order valence-corrected chi connectivity index (χ3v) is 4.24. The molecule has 0 unspecified atom stereocenters. The maximum atomic E-state index is 14.7. The summed E-state index contributed by atoms with van der Waals surface area (Å²) in [7, 11) is 0. The molecule has 0 saturated heterocycles. The van der Waals surface area contributed by atoms with Crippen molar-refractivity contribution in [1.82, 2.24) is 0 Å². The third kappa shape index (κ3) is 3.77. The second kappa shape index (κ2) is 8.16. The van der Waals surface area contributed by atoms with Crippen LogP contribution in [0.3, 0.4) is 0 Å². The number of fused-ring (bicyclic) bond motifs is 2. The summed E-state index contributed by atoms with van der Waals surface area (Å²) in [6.07, 6.45) is 1.77. The van der Waals surface area contributed by atoms with Crippen LogP contribution < -0.4 is 9.47 Å². The maximum Gasteiger partial charge on any atom is 0.311 e. The van der Waals surface area contributed by atoms with E-state index >= 15 is 0 Å². The van der Waals surface area contributed by atoms with Crippen LogP contribution in [0.2, 0.25) is 0 Å². The molecule has 27 heavy (non-hydrogen) atoms. The van der Waals surface area contributed by atoms with Gasteiger partial charge in [0.25, 0.3) is 0 Å². The number of hydrogen-bond acceptors (Lipinski definition) is 4. The zero-order valence-electron chi connectivity index (χ0n) is 15.4. The lowest BCUT2D eigenvalue weighted by Crippen LogP contribution is -2.10. The average molecular weight is 368 g/mol. The molecule has 0 aliphatic rings.